The number of nitrogens with zero attached hydrogens (tertiary/aromatic N) is 1. The van der Waals surface area contributed by atoms with Gasteiger partial charge in [0, 0.05) is 10.4 Å². The predicted octanol–water partition coefficient (Wildman–Crippen LogP) is 4.47. The third-order valence-corrected chi connectivity index (χ3v) is 5.14. The highest BCUT2D eigenvalue weighted by Gasteiger charge is 2.14. The Kier molecular flexibility index (Phi) is 6.24. The number of nitrogens with one attached hydrogen (secondary N) is 1. The van der Waals surface area contributed by atoms with Gasteiger partial charge < -0.3 is 10.1 Å². The van der Waals surface area contributed by atoms with Gasteiger partial charge in [-0.2, -0.15) is 0 Å². The van der Waals surface area contributed by atoms with Crippen molar-refractivity contribution in [1.29, 1.82) is 0 Å². The second-order valence-electron chi connectivity index (χ2n) is 6.56. The molecule has 5 heteroatoms. The van der Waals surface area contributed by atoms with Crippen molar-refractivity contribution in [2.24, 2.45) is 0 Å². The van der Waals surface area contributed by atoms with E-state index in [-0.39, 0.29) is 5.91 Å². The molecule has 0 spiro atoms. The molecule has 0 aliphatic carbocycles. The van der Waals surface area contributed by atoms with E-state index in [1.807, 2.05) is 38.1 Å². The lowest BCUT2D eigenvalue weighted by Gasteiger charge is -2.08. The normalized spacial score (nSPS) is 10.6. The molecule has 140 valence electrons. The van der Waals surface area contributed by atoms with E-state index in [4.69, 9.17) is 4.74 Å². The molecule has 4 nitrogen and oxygen atoms in total. The molecule has 1 N–H and O–H groups in total. The number of hydrogen-bond donors (Lipinski definition) is 1. The molecule has 27 heavy (non-hydrogen) atoms. The largest absolute Gasteiger partial charge is 0.492 e. The van der Waals surface area contributed by atoms with Crippen LogP contribution in [0, 0.1) is 20.8 Å². The lowest BCUT2D eigenvalue weighted by atomic mass is 10.1. The van der Waals surface area contributed by atoms with Crippen LogP contribution in [0.5, 0.6) is 5.75 Å². The van der Waals surface area contributed by atoms with Gasteiger partial charge in [0.15, 0.2) is 0 Å². The molecule has 0 saturated carbocycles. The van der Waals surface area contributed by atoms with E-state index in [0.29, 0.717) is 19.6 Å². The Hall–Kier alpha value is -2.66. The SMILES string of the molecule is Cc1ccc(OCCNC(=O)Cc2sc(C)nc2-c2ccc(C)cc2)cc1. The smallest absolute Gasteiger partial charge is 0.225 e. The average molecular weight is 381 g/mol. The number of hydrogen-bond acceptors (Lipinski definition) is 4. The standard InChI is InChI=1S/C22H24N2O2S/c1-15-4-8-18(9-5-15)22-20(27-17(3)24-22)14-21(25)23-12-13-26-19-10-6-16(2)7-11-19/h4-11H,12-14H2,1-3H3,(H,23,25). The highest BCUT2D eigenvalue weighted by atomic mass is 32.1. The number of carbonyl (C=O) groups is 1. The Labute approximate surface area is 164 Å². The van der Waals surface area contributed by atoms with Crippen molar-refractivity contribution < 1.29 is 9.53 Å². The van der Waals surface area contributed by atoms with Crippen molar-refractivity contribution >= 4 is 17.2 Å². The highest BCUT2D eigenvalue weighted by molar-refractivity contribution is 7.12. The molecule has 3 aromatic rings. The third kappa shape index (κ3) is 5.41. The quantitative estimate of drug-likeness (QED) is 0.615. The summed E-state index contributed by atoms with van der Waals surface area (Å²) in [6.07, 6.45) is 0.333. The monoisotopic (exact) mass is 380 g/mol. The first-order valence-electron chi connectivity index (χ1n) is 9.01. The zero-order valence-corrected chi connectivity index (χ0v) is 16.7. The zero-order valence-electron chi connectivity index (χ0n) is 15.9. The lowest BCUT2D eigenvalue weighted by Crippen LogP contribution is -2.29. The molecule has 0 atom stereocenters. The number of ether oxygens (including phenoxy) is 1. The van der Waals surface area contributed by atoms with Gasteiger partial charge in [-0.25, -0.2) is 4.98 Å². The molecule has 0 bridgehead atoms. The van der Waals surface area contributed by atoms with Crippen molar-refractivity contribution in [3.05, 3.63) is 69.5 Å². The van der Waals surface area contributed by atoms with Crippen LogP contribution < -0.4 is 10.1 Å². The first kappa shape index (κ1) is 19.1. The van der Waals surface area contributed by atoms with Gasteiger partial charge in [0.25, 0.3) is 0 Å². The molecule has 1 amide bonds. The second kappa shape index (κ2) is 8.82. The van der Waals surface area contributed by atoms with Crippen LogP contribution in [-0.2, 0) is 11.2 Å². The fourth-order valence-corrected chi connectivity index (χ4v) is 3.69. The van der Waals surface area contributed by atoms with Gasteiger partial charge in [0.05, 0.1) is 23.7 Å². The fraction of sp³-hybridized carbons (Fsp3) is 0.273. The molecule has 3 rings (SSSR count). The molecule has 0 radical (unpaired) electrons. The number of aryl methyl sites for hydroxylation is 3. The Morgan fingerprint density at radius 3 is 2.30 bits per heavy atom. The molecule has 0 aliphatic rings. The summed E-state index contributed by atoms with van der Waals surface area (Å²) in [5.74, 6) is 0.800. The third-order valence-electron chi connectivity index (χ3n) is 4.16. The van der Waals surface area contributed by atoms with Crippen molar-refractivity contribution in [1.82, 2.24) is 10.3 Å². The average Bonchev–Trinajstić information content (AvgIpc) is 3.01. The van der Waals surface area contributed by atoms with Crippen molar-refractivity contribution in [2.75, 3.05) is 13.2 Å². The van der Waals surface area contributed by atoms with Crippen LogP contribution >= 0.6 is 11.3 Å². The summed E-state index contributed by atoms with van der Waals surface area (Å²) in [5.41, 5.74) is 4.36. The van der Waals surface area contributed by atoms with Gasteiger partial charge in [0.2, 0.25) is 5.91 Å². The zero-order chi connectivity index (χ0) is 19.2. The molecular formula is C22H24N2O2S. The highest BCUT2D eigenvalue weighted by Crippen LogP contribution is 2.28. The molecule has 0 unspecified atom stereocenters. The van der Waals surface area contributed by atoms with Gasteiger partial charge >= 0.3 is 0 Å². The number of amides is 1. The van der Waals surface area contributed by atoms with E-state index in [9.17, 15) is 4.79 Å². The Morgan fingerprint density at radius 1 is 1.00 bits per heavy atom. The Balaban J connectivity index is 1.53. The molecule has 1 heterocycles. The van der Waals surface area contributed by atoms with Crippen LogP contribution in [0.4, 0.5) is 0 Å². The summed E-state index contributed by atoms with van der Waals surface area (Å²) in [7, 11) is 0. The van der Waals surface area contributed by atoms with Gasteiger partial charge in [0.1, 0.15) is 12.4 Å². The molecule has 0 aliphatic heterocycles. The fourth-order valence-electron chi connectivity index (χ4n) is 2.73. The molecule has 2 aromatic carbocycles. The maximum Gasteiger partial charge on any atom is 0.225 e. The van der Waals surface area contributed by atoms with E-state index in [1.165, 1.54) is 11.1 Å². The summed E-state index contributed by atoms with van der Waals surface area (Å²) in [4.78, 5) is 17.9. The minimum absolute atomic E-state index is 0.0143. The minimum atomic E-state index is -0.0143. The van der Waals surface area contributed by atoms with Crippen molar-refractivity contribution in [2.45, 2.75) is 27.2 Å². The second-order valence-corrected chi connectivity index (χ2v) is 7.85. The van der Waals surface area contributed by atoms with E-state index >= 15 is 0 Å². The molecule has 1 aromatic heterocycles. The van der Waals surface area contributed by atoms with Gasteiger partial charge in [-0.1, -0.05) is 47.5 Å². The van der Waals surface area contributed by atoms with Gasteiger partial charge in [-0.3, -0.25) is 4.79 Å². The van der Waals surface area contributed by atoms with Crippen LogP contribution in [0.3, 0.4) is 0 Å². The maximum atomic E-state index is 12.3. The molecular weight excluding hydrogens is 356 g/mol. The number of benzene rings is 2. The number of carbonyl (C=O) groups excluding carboxylic acids is 1. The number of thiazole rings is 1. The predicted molar refractivity (Wildman–Crippen MR) is 110 cm³/mol. The van der Waals surface area contributed by atoms with E-state index in [1.54, 1.807) is 11.3 Å². The van der Waals surface area contributed by atoms with E-state index in [2.05, 4.69) is 41.5 Å². The summed E-state index contributed by atoms with van der Waals surface area (Å²) >= 11 is 1.58. The summed E-state index contributed by atoms with van der Waals surface area (Å²) in [6.45, 7) is 6.99. The van der Waals surface area contributed by atoms with Crippen molar-refractivity contribution in [3.8, 4) is 17.0 Å². The van der Waals surface area contributed by atoms with E-state index < -0.39 is 0 Å². The van der Waals surface area contributed by atoms with Crippen molar-refractivity contribution in [3.63, 3.8) is 0 Å². The summed E-state index contributed by atoms with van der Waals surface area (Å²) < 4.78 is 5.65. The Bertz CT molecular complexity index is 899. The van der Waals surface area contributed by atoms with Crippen LogP contribution in [-0.4, -0.2) is 24.0 Å². The van der Waals surface area contributed by atoms with Gasteiger partial charge in [-0.05, 0) is 32.9 Å². The summed E-state index contributed by atoms with van der Waals surface area (Å²) in [6, 6.07) is 16.1. The lowest BCUT2D eigenvalue weighted by molar-refractivity contribution is -0.120. The topological polar surface area (TPSA) is 51.2 Å². The Morgan fingerprint density at radius 2 is 1.63 bits per heavy atom. The summed E-state index contributed by atoms with van der Waals surface area (Å²) in [5, 5.41) is 3.89. The van der Waals surface area contributed by atoms with Crippen LogP contribution in [0.1, 0.15) is 21.0 Å². The van der Waals surface area contributed by atoms with Crippen LogP contribution in [0.2, 0.25) is 0 Å². The first-order chi connectivity index (χ1) is 13.0. The van der Waals surface area contributed by atoms with Gasteiger partial charge in [-0.15, -0.1) is 11.3 Å². The van der Waals surface area contributed by atoms with E-state index in [0.717, 1.165) is 26.9 Å². The molecule has 0 fully saturated rings. The van der Waals surface area contributed by atoms with Crippen LogP contribution in [0.15, 0.2) is 48.5 Å². The van der Waals surface area contributed by atoms with Crippen LogP contribution in [0.25, 0.3) is 11.3 Å². The molecule has 0 saturated heterocycles. The number of rotatable bonds is 7. The first-order valence-corrected chi connectivity index (χ1v) is 9.82. The maximum absolute atomic E-state index is 12.3. The minimum Gasteiger partial charge on any atom is -0.492 e. The number of aromatic nitrogens is 1.